The zero-order chi connectivity index (χ0) is 10.8. The first kappa shape index (κ1) is 12.3. The van der Waals surface area contributed by atoms with E-state index in [9.17, 15) is 0 Å². The molecule has 84 valence electrons. The number of alkyl halides is 1. The predicted molar refractivity (Wildman–Crippen MR) is 61.9 cm³/mol. The van der Waals surface area contributed by atoms with Gasteiger partial charge in [-0.3, -0.25) is 0 Å². The lowest BCUT2D eigenvalue weighted by Gasteiger charge is -2.29. The van der Waals surface area contributed by atoms with Crippen LogP contribution in [0.5, 0.6) is 0 Å². The highest BCUT2D eigenvalue weighted by Gasteiger charge is 2.35. The van der Waals surface area contributed by atoms with Gasteiger partial charge in [-0.25, -0.2) is 0 Å². The summed E-state index contributed by atoms with van der Waals surface area (Å²) in [5.74, 6) is 0.740. The smallest absolute Gasteiger partial charge is 0.0631 e. The average Bonchev–Trinajstić information content (AvgIpc) is 2.45. The first-order valence-corrected chi connectivity index (χ1v) is 6.18. The number of ether oxygens (including phenoxy) is 1. The highest BCUT2D eigenvalue weighted by Crippen LogP contribution is 2.38. The van der Waals surface area contributed by atoms with Crippen LogP contribution < -0.4 is 0 Å². The normalized spacial score (nSPS) is 30.2. The van der Waals surface area contributed by atoms with E-state index in [2.05, 4.69) is 27.7 Å². The summed E-state index contributed by atoms with van der Waals surface area (Å²) in [6, 6.07) is 0. The third-order valence-electron chi connectivity index (χ3n) is 3.45. The third-order valence-corrected chi connectivity index (χ3v) is 4.10. The molecule has 1 aliphatic heterocycles. The molecule has 1 aliphatic rings. The molecule has 1 heterocycles. The van der Waals surface area contributed by atoms with Gasteiger partial charge < -0.3 is 4.74 Å². The minimum Gasteiger partial charge on any atom is -0.372 e. The Morgan fingerprint density at radius 1 is 1.50 bits per heavy atom. The molecule has 0 amide bonds. The molecule has 0 aromatic rings. The van der Waals surface area contributed by atoms with Crippen LogP contribution in [0.25, 0.3) is 0 Å². The van der Waals surface area contributed by atoms with Crippen molar-refractivity contribution in [1.29, 1.82) is 0 Å². The molecule has 0 bridgehead atoms. The van der Waals surface area contributed by atoms with Crippen molar-refractivity contribution in [3.05, 3.63) is 0 Å². The standard InChI is InChI=1S/C12H23ClO/c1-5-12(4,9-13)8-10-6-7-11(2,3)14-10/h10H,5-9H2,1-4H3. The summed E-state index contributed by atoms with van der Waals surface area (Å²) >= 11 is 6.00. The lowest BCUT2D eigenvalue weighted by atomic mass is 9.83. The quantitative estimate of drug-likeness (QED) is 0.649. The molecule has 1 fully saturated rings. The maximum atomic E-state index is 6.00. The van der Waals surface area contributed by atoms with Gasteiger partial charge in [0.2, 0.25) is 0 Å². The Morgan fingerprint density at radius 3 is 2.50 bits per heavy atom. The molecule has 1 rings (SSSR count). The van der Waals surface area contributed by atoms with Crippen molar-refractivity contribution in [2.75, 3.05) is 5.88 Å². The Kier molecular flexibility index (Phi) is 3.87. The van der Waals surface area contributed by atoms with Gasteiger partial charge in [-0.05, 0) is 44.9 Å². The molecule has 0 aliphatic carbocycles. The summed E-state index contributed by atoms with van der Waals surface area (Å²) in [5.41, 5.74) is 0.346. The van der Waals surface area contributed by atoms with E-state index in [4.69, 9.17) is 16.3 Å². The van der Waals surface area contributed by atoms with Crippen LogP contribution in [0.4, 0.5) is 0 Å². The summed E-state index contributed by atoms with van der Waals surface area (Å²) in [7, 11) is 0. The van der Waals surface area contributed by atoms with E-state index in [-0.39, 0.29) is 11.0 Å². The maximum Gasteiger partial charge on any atom is 0.0631 e. The topological polar surface area (TPSA) is 9.23 Å². The molecule has 2 heteroatoms. The number of rotatable bonds is 4. The number of hydrogen-bond acceptors (Lipinski definition) is 1. The fourth-order valence-corrected chi connectivity index (χ4v) is 2.36. The number of halogens is 1. The molecule has 2 unspecified atom stereocenters. The van der Waals surface area contributed by atoms with Gasteiger partial charge in [-0.15, -0.1) is 11.6 Å². The molecule has 0 aromatic heterocycles. The summed E-state index contributed by atoms with van der Waals surface area (Å²) in [6.45, 7) is 8.82. The van der Waals surface area contributed by atoms with Crippen LogP contribution in [0.1, 0.15) is 53.4 Å². The van der Waals surface area contributed by atoms with E-state index in [0.29, 0.717) is 6.10 Å². The van der Waals surface area contributed by atoms with Crippen LogP contribution in [0, 0.1) is 5.41 Å². The van der Waals surface area contributed by atoms with Crippen molar-refractivity contribution >= 4 is 11.6 Å². The SMILES string of the molecule is CCC(C)(CCl)CC1CCC(C)(C)O1. The Bertz CT molecular complexity index is 185. The van der Waals surface area contributed by atoms with Crippen molar-refractivity contribution in [1.82, 2.24) is 0 Å². The molecule has 0 radical (unpaired) electrons. The van der Waals surface area contributed by atoms with Crippen LogP contribution in [0.2, 0.25) is 0 Å². The van der Waals surface area contributed by atoms with E-state index in [0.717, 1.165) is 18.7 Å². The second-order valence-electron chi connectivity index (χ2n) is 5.54. The number of hydrogen-bond donors (Lipinski definition) is 0. The van der Waals surface area contributed by atoms with Crippen LogP contribution in [-0.2, 0) is 4.74 Å². The summed E-state index contributed by atoms with van der Waals surface area (Å²) in [5, 5.41) is 0. The highest BCUT2D eigenvalue weighted by atomic mass is 35.5. The zero-order valence-corrected chi connectivity index (χ0v) is 10.7. The van der Waals surface area contributed by atoms with E-state index < -0.39 is 0 Å². The summed E-state index contributed by atoms with van der Waals surface area (Å²) < 4.78 is 5.99. The van der Waals surface area contributed by atoms with Crippen molar-refractivity contribution in [3.8, 4) is 0 Å². The van der Waals surface area contributed by atoms with Crippen LogP contribution in [0.3, 0.4) is 0 Å². The third kappa shape index (κ3) is 3.13. The van der Waals surface area contributed by atoms with Gasteiger partial charge in [-0.2, -0.15) is 0 Å². The van der Waals surface area contributed by atoms with Gasteiger partial charge in [-0.1, -0.05) is 13.8 Å². The lowest BCUT2D eigenvalue weighted by molar-refractivity contribution is -0.0318. The van der Waals surface area contributed by atoms with Gasteiger partial charge in [0.15, 0.2) is 0 Å². The summed E-state index contributed by atoms with van der Waals surface area (Å²) in [4.78, 5) is 0. The highest BCUT2D eigenvalue weighted by molar-refractivity contribution is 6.18. The minimum absolute atomic E-state index is 0.0889. The molecule has 0 spiro atoms. The molecular weight excluding hydrogens is 196 g/mol. The Labute approximate surface area is 93.2 Å². The molecule has 2 atom stereocenters. The van der Waals surface area contributed by atoms with E-state index in [1.807, 2.05) is 0 Å². The van der Waals surface area contributed by atoms with Gasteiger partial charge >= 0.3 is 0 Å². The lowest BCUT2D eigenvalue weighted by Crippen LogP contribution is -2.27. The molecule has 1 nitrogen and oxygen atoms in total. The Balaban J connectivity index is 2.46. The van der Waals surface area contributed by atoms with E-state index in [1.165, 1.54) is 12.8 Å². The summed E-state index contributed by atoms with van der Waals surface area (Å²) in [6.07, 6.45) is 5.04. The van der Waals surface area contributed by atoms with Crippen molar-refractivity contribution in [2.45, 2.75) is 65.1 Å². The average molecular weight is 219 g/mol. The zero-order valence-electron chi connectivity index (χ0n) is 9.90. The maximum absolute atomic E-state index is 6.00. The largest absolute Gasteiger partial charge is 0.372 e. The van der Waals surface area contributed by atoms with Crippen molar-refractivity contribution in [3.63, 3.8) is 0 Å². The second kappa shape index (κ2) is 4.40. The van der Waals surface area contributed by atoms with Gasteiger partial charge in [0.25, 0.3) is 0 Å². The molecule has 0 aromatic carbocycles. The fourth-order valence-electron chi connectivity index (χ4n) is 2.06. The molecular formula is C12H23ClO. The van der Waals surface area contributed by atoms with Crippen molar-refractivity contribution < 1.29 is 4.74 Å². The monoisotopic (exact) mass is 218 g/mol. The first-order valence-electron chi connectivity index (χ1n) is 5.64. The molecule has 14 heavy (non-hydrogen) atoms. The molecule has 0 N–H and O–H groups in total. The van der Waals surface area contributed by atoms with Gasteiger partial charge in [0.1, 0.15) is 0 Å². The van der Waals surface area contributed by atoms with Crippen molar-refractivity contribution in [2.24, 2.45) is 5.41 Å². The first-order chi connectivity index (χ1) is 6.41. The van der Waals surface area contributed by atoms with Crippen LogP contribution >= 0.6 is 11.6 Å². The Morgan fingerprint density at radius 2 is 2.14 bits per heavy atom. The fraction of sp³-hybridized carbons (Fsp3) is 1.00. The van der Waals surface area contributed by atoms with Gasteiger partial charge in [0, 0.05) is 5.88 Å². The van der Waals surface area contributed by atoms with E-state index in [1.54, 1.807) is 0 Å². The van der Waals surface area contributed by atoms with Crippen LogP contribution in [-0.4, -0.2) is 17.6 Å². The predicted octanol–water partition coefficient (Wildman–Crippen LogP) is 3.99. The minimum atomic E-state index is 0.0889. The second-order valence-corrected chi connectivity index (χ2v) is 5.81. The van der Waals surface area contributed by atoms with Crippen LogP contribution in [0.15, 0.2) is 0 Å². The van der Waals surface area contributed by atoms with E-state index >= 15 is 0 Å². The van der Waals surface area contributed by atoms with Gasteiger partial charge in [0.05, 0.1) is 11.7 Å². The Hall–Kier alpha value is 0.250. The molecule has 0 saturated carbocycles. The molecule has 1 saturated heterocycles.